The van der Waals surface area contributed by atoms with E-state index in [0.29, 0.717) is 10.7 Å². The maximum absolute atomic E-state index is 12.0. The topological polar surface area (TPSA) is 95.1 Å². The monoisotopic (exact) mass is 287 g/mol. The molecule has 2 aromatic heterocycles. The van der Waals surface area contributed by atoms with Gasteiger partial charge in [-0.15, -0.1) is 11.3 Å². The minimum Gasteiger partial charge on any atom is -0.391 e. The zero-order valence-corrected chi connectivity index (χ0v) is 11.3. The van der Waals surface area contributed by atoms with E-state index in [1.54, 1.807) is 19.3 Å². The molecule has 0 saturated carbocycles. The largest absolute Gasteiger partial charge is 0.391 e. The Morgan fingerprint density at radius 3 is 2.94 bits per heavy atom. The van der Waals surface area contributed by atoms with Gasteiger partial charge in [0.15, 0.2) is 0 Å². The lowest BCUT2D eigenvalue weighted by Gasteiger charge is -2.10. The summed E-state index contributed by atoms with van der Waals surface area (Å²) in [6, 6.07) is 1.02. The van der Waals surface area contributed by atoms with Crippen LogP contribution in [0.1, 0.15) is 23.7 Å². The van der Waals surface area contributed by atoms with Gasteiger partial charge in [-0.2, -0.15) is 0 Å². The van der Waals surface area contributed by atoms with Crippen molar-refractivity contribution in [3.8, 4) is 0 Å². The van der Waals surface area contributed by atoms with Crippen LogP contribution in [0, 0.1) is 0 Å². The van der Waals surface area contributed by atoms with Gasteiger partial charge in [-0.25, -0.2) is 18.1 Å². The molecule has 0 amide bonds. The quantitative estimate of drug-likeness (QED) is 0.764. The third-order valence-corrected chi connectivity index (χ3v) is 4.95. The molecule has 0 aromatic carbocycles. The van der Waals surface area contributed by atoms with Gasteiger partial charge in [0.25, 0.3) is 0 Å². The average molecular weight is 287 g/mol. The second-order valence-corrected chi connectivity index (χ2v) is 6.43. The van der Waals surface area contributed by atoms with E-state index >= 15 is 0 Å². The van der Waals surface area contributed by atoms with Crippen molar-refractivity contribution >= 4 is 21.4 Å². The number of nitrogens with zero attached hydrogens (tertiary/aromatic N) is 1. The first-order chi connectivity index (χ1) is 8.53. The molecule has 0 aliphatic rings. The molecule has 1 unspecified atom stereocenters. The fourth-order valence-electron chi connectivity index (χ4n) is 1.46. The van der Waals surface area contributed by atoms with Crippen LogP contribution in [0.5, 0.6) is 0 Å². The molecule has 3 N–H and O–H groups in total. The van der Waals surface area contributed by atoms with Gasteiger partial charge in [0, 0.05) is 22.7 Å². The number of aromatic amines is 1. The second kappa shape index (κ2) is 5.19. The number of nitrogens with one attached hydrogen (secondary N) is 2. The Morgan fingerprint density at radius 1 is 1.61 bits per heavy atom. The number of thiophene rings is 1. The summed E-state index contributed by atoms with van der Waals surface area (Å²) in [6.07, 6.45) is 3.20. The Kier molecular flexibility index (Phi) is 3.81. The lowest BCUT2D eigenvalue weighted by Crippen LogP contribution is -2.27. The van der Waals surface area contributed by atoms with E-state index in [1.165, 1.54) is 22.8 Å². The molecule has 2 rings (SSSR count). The summed E-state index contributed by atoms with van der Waals surface area (Å²) in [5.41, 5.74) is 0. The Balaban J connectivity index is 2.17. The Labute approximate surface area is 109 Å². The van der Waals surface area contributed by atoms with Crippen LogP contribution >= 0.6 is 11.3 Å². The highest BCUT2D eigenvalue weighted by molar-refractivity contribution is 7.89. The summed E-state index contributed by atoms with van der Waals surface area (Å²) in [5, 5.41) is 10.4. The molecule has 18 heavy (non-hydrogen) atoms. The third kappa shape index (κ3) is 2.78. The van der Waals surface area contributed by atoms with Crippen molar-refractivity contribution in [3.63, 3.8) is 0 Å². The summed E-state index contributed by atoms with van der Waals surface area (Å²) in [5.74, 6) is 0.552. The predicted octanol–water partition coefficient (Wildman–Crippen LogP) is 1.00. The van der Waals surface area contributed by atoms with Crippen LogP contribution in [0.25, 0.3) is 0 Å². The Morgan fingerprint density at radius 2 is 2.39 bits per heavy atom. The molecule has 0 saturated heterocycles. The Hall–Kier alpha value is -1.22. The van der Waals surface area contributed by atoms with E-state index in [9.17, 15) is 8.42 Å². The minimum absolute atomic E-state index is 0.159. The fourth-order valence-corrected chi connectivity index (χ4v) is 3.80. The van der Waals surface area contributed by atoms with Gasteiger partial charge in [-0.3, -0.25) is 0 Å². The maximum Gasteiger partial charge on any atom is 0.242 e. The van der Waals surface area contributed by atoms with E-state index in [2.05, 4.69) is 14.7 Å². The second-order valence-electron chi connectivity index (χ2n) is 3.72. The van der Waals surface area contributed by atoms with Crippen molar-refractivity contribution in [2.75, 3.05) is 0 Å². The number of H-pyrrole nitrogens is 1. The molecule has 0 aliphatic heterocycles. The van der Waals surface area contributed by atoms with Crippen LogP contribution in [0.3, 0.4) is 0 Å². The molecule has 0 aliphatic carbocycles. The average Bonchev–Trinajstić information content (AvgIpc) is 3.00. The molecule has 0 fully saturated rings. The highest BCUT2D eigenvalue weighted by Gasteiger charge is 2.20. The van der Waals surface area contributed by atoms with Gasteiger partial charge in [0.2, 0.25) is 10.0 Å². The van der Waals surface area contributed by atoms with Crippen LogP contribution in [0.15, 0.2) is 28.7 Å². The third-order valence-electron chi connectivity index (χ3n) is 2.36. The normalized spacial score (nSPS) is 13.7. The number of imidazole rings is 1. The molecule has 98 valence electrons. The van der Waals surface area contributed by atoms with E-state index in [1.807, 2.05) is 0 Å². The number of rotatable bonds is 5. The lowest BCUT2D eigenvalue weighted by molar-refractivity contribution is 0.285. The van der Waals surface area contributed by atoms with Gasteiger partial charge < -0.3 is 10.1 Å². The first kappa shape index (κ1) is 13.2. The number of hydrogen-bond donors (Lipinski definition) is 3. The molecule has 1 atom stereocenters. The Bertz CT molecular complexity index is 604. The first-order valence-corrected chi connectivity index (χ1v) is 7.59. The fraction of sp³-hybridized carbons (Fsp3) is 0.300. The zero-order chi connectivity index (χ0) is 13.2. The molecule has 2 aromatic rings. The van der Waals surface area contributed by atoms with Crippen LogP contribution in [0.2, 0.25) is 0 Å². The number of aliphatic hydroxyl groups is 1. The van der Waals surface area contributed by atoms with Crippen molar-refractivity contribution < 1.29 is 13.5 Å². The first-order valence-electron chi connectivity index (χ1n) is 5.23. The van der Waals surface area contributed by atoms with Gasteiger partial charge in [-0.1, -0.05) is 0 Å². The van der Waals surface area contributed by atoms with Crippen LogP contribution in [0.4, 0.5) is 0 Å². The van der Waals surface area contributed by atoms with Crippen molar-refractivity contribution in [1.29, 1.82) is 0 Å². The lowest BCUT2D eigenvalue weighted by atomic mass is 10.3. The van der Waals surface area contributed by atoms with E-state index in [0.717, 1.165) is 0 Å². The van der Waals surface area contributed by atoms with Gasteiger partial charge in [0.1, 0.15) is 5.82 Å². The van der Waals surface area contributed by atoms with Gasteiger partial charge in [-0.05, 0) is 13.0 Å². The summed E-state index contributed by atoms with van der Waals surface area (Å²) in [6.45, 7) is 1.55. The molecule has 0 spiro atoms. The molecule has 8 heteroatoms. The molecule has 0 radical (unpaired) electrons. The van der Waals surface area contributed by atoms with Crippen molar-refractivity contribution in [2.45, 2.75) is 24.5 Å². The molecular formula is C10H13N3O3S2. The molecular weight excluding hydrogens is 274 g/mol. The van der Waals surface area contributed by atoms with Gasteiger partial charge >= 0.3 is 0 Å². The highest BCUT2D eigenvalue weighted by atomic mass is 32.2. The van der Waals surface area contributed by atoms with Crippen LogP contribution in [-0.4, -0.2) is 23.5 Å². The SMILES string of the molecule is CC(NS(=O)(=O)c1csc(CO)c1)c1ncc[nH]1. The molecule has 0 bridgehead atoms. The maximum atomic E-state index is 12.0. The number of sulfonamides is 1. The summed E-state index contributed by atoms with van der Waals surface area (Å²) in [4.78, 5) is 7.62. The van der Waals surface area contributed by atoms with Crippen LogP contribution in [-0.2, 0) is 16.6 Å². The predicted molar refractivity (Wildman–Crippen MR) is 67.6 cm³/mol. The van der Waals surface area contributed by atoms with Gasteiger partial charge in [0.05, 0.1) is 17.5 Å². The van der Waals surface area contributed by atoms with Crippen LogP contribution < -0.4 is 4.72 Å². The number of aliphatic hydroxyl groups excluding tert-OH is 1. The van der Waals surface area contributed by atoms with E-state index in [4.69, 9.17) is 5.11 Å². The van der Waals surface area contributed by atoms with E-state index in [-0.39, 0.29) is 11.5 Å². The smallest absolute Gasteiger partial charge is 0.242 e. The standard InChI is InChI=1S/C10H13N3O3S2/c1-7(10-11-2-3-12-10)13-18(15,16)9-4-8(5-14)17-6-9/h2-4,6-7,13-14H,5H2,1H3,(H,11,12). The summed E-state index contributed by atoms with van der Waals surface area (Å²) < 4.78 is 26.6. The number of hydrogen-bond acceptors (Lipinski definition) is 5. The minimum atomic E-state index is -3.59. The molecule has 6 nitrogen and oxygen atoms in total. The van der Waals surface area contributed by atoms with Crippen molar-refractivity contribution in [1.82, 2.24) is 14.7 Å². The summed E-state index contributed by atoms with van der Waals surface area (Å²) >= 11 is 1.21. The summed E-state index contributed by atoms with van der Waals surface area (Å²) in [7, 11) is -3.59. The van der Waals surface area contributed by atoms with E-state index < -0.39 is 16.1 Å². The highest BCUT2D eigenvalue weighted by Crippen LogP contribution is 2.20. The molecule has 2 heterocycles. The zero-order valence-electron chi connectivity index (χ0n) is 9.62. The van der Waals surface area contributed by atoms with Crippen molar-refractivity contribution in [2.24, 2.45) is 0 Å². The number of aromatic nitrogens is 2. The van der Waals surface area contributed by atoms with Crippen molar-refractivity contribution in [3.05, 3.63) is 34.5 Å².